The van der Waals surface area contributed by atoms with Crippen molar-refractivity contribution in [3.8, 4) is 11.3 Å². The van der Waals surface area contributed by atoms with Crippen LogP contribution in [0.2, 0.25) is 0 Å². The molecule has 1 unspecified atom stereocenters. The second-order valence-corrected chi connectivity index (χ2v) is 5.81. The van der Waals surface area contributed by atoms with E-state index < -0.39 is 0 Å². The average Bonchev–Trinajstić information content (AvgIpc) is 3.02. The van der Waals surface area contributed by atoms with Crippen molar-refractivity contribution in [2.45, 2.75) is 26.7 Å². The molecule has 0 fully saturated rings. The van der Waals surface area contributed by atoms with Crippen LogP contribution >= 0.6 is 0 Å². The molecular formula is C16H20N4. The third-order valence-corrected chi connectivity index (χ3v) is 4.09. The zero-order valence-corrected chi connectivity index (χ0v) is 12.4. The zero-order chi connectivity index (χ0) is 14.3. The number of aromatic amines is 1. The third kappa shape index (κ3) is 2.11. The van der Waals surface area contributed by atoms with Crippen molar-refractivity contribution in [1.29, 1.82) is 0 Å². The molecule has 0 aliphatic rings. The van der Waals surface area contributed by atoms with Gasteiger partial charge in [0.05, 0.1) is 11.7 Å². The molecule has 104 valence electrons. The number of aryl methyl sites for hydroxylation is 1. The largest absolute Gasteiger partial charge is 0.277 e. The van der Waals surface area contributed by atoms with Gasteiger partial charge in [-0.15, -0.1) is 0 Å². The first kappa shape index (κ1) is 12.9. The highest BCUT2D eigenvalue weighted by Crippen LogP contribution is 2.31. The predicted molar refractivity (Wildman–Crippen MR) is 81.5 cm³/mol. The van der Waals surface area contributed by atoms with Gasteiger partial charge < -0.3 is 0 Å². The number of aromatic nitrogens is 4. The van der Waals surface area contributed by atoms with Crippen LogP contribution < -0.4 is 0 Å². The highest BCUT2D eigenvalue weighted by atomic mass is 15.2. The molecule has 0 radical (unpaired) electrons. The summed E-state index contributed by atoms with van der Waals surface area (Å²) in [5, 5.41) is 12.9. The molecule has 0 saturated carbocycles. The van der Waals surface area contributed by atoms with Gasteiger partial charge in [-0.2, -0.15) is 10.2 Å². The minimum absolute atomic E-state index is 0.538. The fourth-order valence-corrected chi connectivity index (χ4v) is 2.46. The summed E-state index contributed by atoms with van der Waals surface area (Å²) in [4.78, 5) is 0. The summed E-state index contributed by atoms with van der Waals surface area (Å²) in [5.74, 6) is 1.16. The van der Waals surface area contributed by atoms with Crippen molar-refractivity contribution in [3.05, 3.63) is 36.2 Å². The number of hydrogen-bond donors (Lipinski definition) is 1. The Morgan fingerprint density at radius 1 is 1.20 bits per heavy atom. The number of nitrogens with one attached hydrogen (secondary N) is 1. The van der Waals surface area contributed by atoms with Crippen molar-refractivity contribution in [2.75, 3.05) is 0 Å². The standard InChI is InChI=1S/C16H20N4/c1-10(2)11(3)12-5-6-15-14(7-12)16(19-18-15)13-8-17-20(4)9-13/h5-11H,1-4H3,(H,18,19). The lowest BCUT2D eigenvalue weighted by atomic mass is 9.89. The fraction of sp³-hybridized carbons (Fsp3) is 0.375. The van der Waals surface area contributed by atoms with Crippen molar-refractivity contribution in [2.24, 2.45) is 13.0 Å². The first-order valence-electron chi connectivity index (χ1n) is 7.03. The molecule has 1 aromatic carbocycles. The van der Waals surface area contributed by atoms with Crippen molar-refractivity contribution in [3.63, 3.8) is 0 Å². The molecule has 4 nitrogen and oxygen atoms in total. The minimum atomic E-state index is 0.538. The van der Waals surface area contributed by atoms with Crippen molar-refractivity contribution >= 4 is 10.9 Å². The van der Waals surface area contributed by atoms with Gasteiger partial charge in [0.1, 0.15) is 5.69 Å². The number of H-pyrrole nitrogens is 1. The normalized spacial score (nSPS) is 13.2. The lowest BCUT2D eigenvalue weighted by molar-refractivity contribution is 0.535. The van der Waals surface area contributed by atoms with E-state index in [4.69, 9.17) is 0 Å². The Morgan fingerprint density at radius 2 is 2.00 bits per heavy atom. The monoisotopic (exact) mass is 268 g/mol. The van der Waals surface area contributed by atoms with E-state index in [2.05, 4.69) is 54.3 Å². The summed E-state index contributed by atoms with van der Waals surface area (Å²) in [5.41, 5.74) is 4.46. The van der Waals surface area contributed by atoms with Gasteiger partial charge in [-0.3, -0.25) is 9.78 Å². The number of hydrogen-bond acceptors (Lipinski definition) is 2. The van der Waals surface area contributed by atoms with Crippen LogP contribution in [-0.4, -0.2) is 20.0 Å². The summed E-state index contributed by atoms with van der Waals surface area (Å²) < 4.78 is 1.80. The van der Waals surface area contributed by atoms with Gasteiger partial charge in [0.15, 0.2) is 0 Å². The molecule has 1 N–H and O–H groups in total. The van der Waals surface area contributed by atoms with E-state index in [0.29, 0.717) is 11.8 Å². The Kier molecular flexibility index (Phi) is 3.08. The van der Waals surface area contributed by atoms with Crippen LogP contribution in [0.4, 0.5) is 0 Å². The Balaban J connectivity index is 2.13. The van der Waals surface area contributed by atoms with Gasteiger partial charge in [0.2, 0.25) is 0 Å². The molecule has 4 heteroatoms. The van der Waals surface area contributed by atoms with Gasteiger partial charge >= 0.3 is 0 Å². The zero-order valence-electron chi connectivity index (χ0n) is 12.4. The predicted octanol–water partition coefficient (Wildman–Crippen LogP) is 3.72. The van der Waals surface area contributed by atoms with E-state index in [9.17, 15) is 0 Å². The summed E-state index contributed by atoms with van der Waals surface area (Å²) in [7, 11) is 1.92. The molecule has 2 heterocycles. The second kappa shape index (κ2) is 4.78. The Labute approximate surface area is 118 Å². The fourth-order valence-electron chi connectivity index (χ4n) is 2.46. The van der Waals surface area contributed by atoms with E-state index >= 15 is 0 Å². The maximum absolute atomic E-state index is 4.45. The third-order valence-electron chi connectivity index (χ3n) is 4.09. The highest BCUT2D eigenvalue weighted by molar-refractivity contribution is 5.93. The van der Waals surface area contributed by atoms with Crippen LogP contribution in [-0.2, 0) is 7.05 Å². The van der Waals surface area contributed by atoms with Crippen LogP contribution in [0.1, 0.15) is 32.3 Å². The van der Waals surface area contributed by atoms with E-state index in [1.54, 1.807) is 4.68 Å². The SMILES string of the molecule is CC(C)C(C)c1ccc2[nH]nc(-c3cnn(C)c3)c2c1. The van der Waals surface area contributed by atoms with E-state index in [-0.39, 0.29) is 0 Å². The summed E-state index contributed by atoms with van der Waals surface area (Å²) in [6.45, 7) is 6.79. The Bertz CT molecular complexity index is 736. The molecule has 0 saturated heterocycles. The van der Waals surface area contributed by atoms with Crippen LogP contribution in [0.15, 0.2) is 30.6 Å². The number of benzene rings is 1. The Morgan fingerprint density at radius 3 is 2.65 bits per heavy atom. The highest BCUT2D eigenvalue weighted by Gasteiger charge is 2.14. The van der Waals surface area contributed by atoms with Gasteiger partial charge in [-0.25, -0.2) is 0 Å². The molecule has 0 aliphatic carbocycles. The lowest BCUT2D eigenvalue weighted by Gasteiger charge is -2.15. The Hall–Kier alpha value is -2.10. The van der Waals surface area contributed by atoms with Gasteiger partial charge in [-0.05, 0) is 29.5 Å². The molecule has 0 bridgehead atoms. The summed E-state index contributed by atoms with van der Waals surface area (Å²) >= 11 is 0. The maximum atomic E-state index is 4.45. The molecule has 3 rings (SSSR count). The van der Waals surface area contributed by atoms with E-state index in [0.717, 1.165) is 16.8 Å². The molecule has 1 atom stereocenters. The summed E-state index contributed by atoms with van der Waals surface area (Å²) in [6, 6.07) is 6.57. The van der Waals surface area contributed by atoms with Gasteiger partial charge in [0.25, 0.3) is 0 Å². The maximum Gasteiger partial charge on any atom is 0.103 e. The molecule has 0 aliphatic heterocycles. The minimum Gasteiger partial charge on any atom is -0.277 e. The molecular weight excluding hydrogens is 248 g/mol. The van der Waals surface area contributed by atoms with Crippen molar-refractivity contribution in [1.82, 2.24) is 20.0 Å². The molecule has 0 spiro atoms. The van der Waals surface area contributed by atoms with E-state index in [1.807, 2.05) is 19.4 Å². The quantitative estimate of drug-likeness (QED) is 0.787. The number of rotatable bonds is 3. The first-order chi connectivity index (χ1) is 9.56. The number of fused-ring (bicyclic) bond motifs is 1. The smallest absolute Gasteiger partial charge is 0.103 e. The molecule has 20 heavy (non-hydrogen) atoms. The van der Waals surface area contributed by atoms with Crippen molar-refractivity contribution < 1.29 is 0 Å². The second-order valence-electron chi connectivity index (χ2n) is 5.81. The van der Waals surface area contributed by atoms with Crippen LogP contribution in [0.3, 0.4) is 0 Å². The molecule has 2 aromatic heterocycles. The van der Waals surface area contributed by atoms with Crippen LogP contribution in [0.5, 0.6) is 0 Å². The van der Waals surface area contributed by atoms with Crippen LogP contribution in [0.25, 0.3) is 22.2 Å². The summed E-state index contributed by atoms with van der Waals surface area (Å²) in [6.07, 6.45) is 3.85. The first-order valence-corrected chi connectivity index (χ1v) is 7.03. The lowest BCUT2D eigenvalue weighted by Crippen LogP contribution is -2.01. The van der Waals surface area contributed by atoms with E-state index in [1.165, 1.54) is 10.9 Å². The number of nitrogens with zero attached hydrogens (tertiary/aromatic N) is 3. The average molecular weight is 268 g/mol. The molecule has 0 amide bonds. The topological polar surface area (TPSA) is 46.5 Å². The van der Waals surface area contributed by atoms with Crippen LogP contribution in [0, 0.1) is 5.92 Å². The van der Waals surface area contributed by atoms with Gasteiger partial charge in [0, 0.05) is 24.2 Å². The molecule has 3 aromatic rings. The van der Waals surface area contributed by atoms with Gasteiger partial charge in [-0.1, -0.05) is 26.8 Å².